The van der Waals surface area contributed by atoms with Crippen LogP contribution in [0.25, 0.3) is 22.3 Å². The number of nitrogens with one attached hydrogen (secondary N) is 1. The van der Waals surface area contributed by atoms with Crippen molar-refractivity contribution in [2.24, 2.45) is 7.05 Å². The van der Waals surface area contributed by atoms with Gasteiger partial charge in [0.05, 0.1) is 41.4 Å². The fraction of sp³-hybridized carbons (Fsp3) is 0.208. The van der Waals surface area contributed by atoms with Crippen LogP contribution in [-0.2, 0) is 24.9 Å². The van der Waals surface area contributed by atoms with E-state index in [1.165, 1.54) is 35.3 Å². The fourth-order valence-corrected chi connectivity index (χ4v) is 4.04. The fourth-order valence-electron chi connectivity index (χ4n) is 4.04. The van der Waals surface area contributed by atoms with Gasteiger partial charge >= 0.3 is 0 Å². The SMILES string of the molecule is Cc1nn(CC(=O)Nc2cnn(Cc3cccc(F)c3)c2)c2nc(-c3cnn(C)c3)cc(C(F)F)c12. The van der Waals surface area contributed by atoms with Crippen LogP contribution in [-0.4, -0.2) is 40.2 Å². The normalized spacial score (nSPS) is 11.5. The number of rotatable bonds is 7. The van der Waals surface area contributed by atoms with Crippen LogP contribution in [0.3, 0.4) is 0 Å². The first kappa shape index (κ1) is 23.3. The number of alkyl halides is 2. The molecule has 12 heteroatoms. The highest BCUT2D eigenvalue weighted by atomic mass is 19.3. The molecule has 0 aliphatic carbocycles. The highest BCUT2D eigenvalue weighted by Gasteiger charge is 2.22. The maximum absolute atomic E-state index is 13.9. The number of hydrogen-bond acceptors (Lipinski definition) is 5. The van der Waals surface area contributed by atoms with Crippen LogP contribution in [0.15, 0.2) is 55.1 Å². The third-order valence-electron chi connectivity index (χ3n) is 5.59. The Morgan fingerprint density at radius 1 is 1.14 bits per heavy atom. The van der Waals surface area contributed by atoms with E-state index in [0.29, 0.717) is 29.2 Å². The van der Waals surface area contributed by atoms with E-state index in [1.807, 2.05) is 0 Å². The molecular weight excluding hydrogens is 473 g/mol. The van der Waals surface area contributed by atoms with E-state index in [9.17, 15) is 18.0 Å². The molecule has 0 aliphatic rings. The molecule has 5 rings (SSSR count). The molecule has 0 aliphatic heterocycles. The lowest BCUT2D eigenvalue weighted by molar-refractivity contribution is -0.116. The topological polar surface area (TPSA) is 95.5 Å². The molecular formula is C24H21F3N8O. The standard InChI is InChI=1S/C24H21F3N8O/c1-14-22-19(23(26)27)7-20(16-8-28-33(2)11-16)31-24(22)35(32-14)13-21(36)30-18-9-29-34(12-18)10-15-4-3-5-17(25)6-15/h3-9,11-12,23H,10,13H2,1-2H3,(H,30,36). The third kappa shape index (κ3) is 4.69. The van der Waals surface area contributed by atoms with Crippen molar-refractivity contribution in [3.05, 3.63) is 77.8 Å². The van der Waals surface area contributed by atoms with Gasteiger partial charge in [-0.3, -0.25) is 14.2 Å². The maximum atomic E-state index is 13.9. The zero-order valence-corrected chi connectivity index (χ0v) is 19.4. The van der Waals surface area contributed by atoms with Crippen LogP contribution in [0.5, 0.6) is 0 Å². The number of halogens is 3. The Bertz CT molecular complexity index is 1570. The first-order valence-corrected chi connectivity index (χ1v) is 11.0. The molecule has 0 saturated heterocycles. The number of hydrogen-bond donors (Lipinski definition) is 1. The summed E-state index contributed by atoms with van der Waals surface area (Å²) in [6.45, 7) is 1.68. The van der Waals surface area contributed by atoms with Crippen molar-refractivity contribution in [1.29, 1.82) is 0 Å². The van der Waals surface area contributed by atoms with E-state index in [1.54, 1.807) is 47.9 Å². The van der Waals surface area contributed by atoms with Crippen molar-refractivity contribution in [3.63, 3.8) is 0 Å². The Kier molecular flexibility index (Phi) is 6.00. The molecule has 36 heavy (non-hydrogen) atoms. The summed E-state index contributed by atoms with van der Waals surface area (Å²) in [4.78, 5) is 17.3. The predicted molar refractivity (Wildman–Crippen MR) is 126 cm³/mol. The smallest absolute Gasteiger partial charge is 0.264 e. The van der Waals surface area contributed by atoms with E-state index in [0.717, 1.165) is 5.56 Å². The number of pyridine rings is 1. The minimum atomic E-state index is -2.75. The lowest BCUT2D eigenvalue weighted by Crippen LogP contribution is -2.19. The van der Waals surface area contributed by atoms with Crippen molar-refractivity contribution in [1.82, 2.24) is 34.3 Å². The molecule has 4 heterocycles. The Morgan fingerprint density at radius 2 is 1.97 bits per heavy atom. The Morgan fingerprint density at radius 3 is 2.69 bits per heavy atom. The molecule has 1 amide bonds. The zero-order valence-electron chi connectivity index (χ0n) is 19.4. The number of carbonyl (C=O) groups is 1. The molecule has 1 aromatic carbocycles. The third-order valence-corrected chi connectivity index (χ3v) is 5.59. The summed E-state index contributed by atoms with van der Waals surface area (Å²) in [6.07, 6.45) is 3.54. The lowest BCUT2D eigenvalue weighted by Gasteiger charge is -2.08. The van der Waals surface area contributed by atoms with Gasteiger partial charge < -0.3 is 5.32 Å². The predicted octanol–water partition coefficient (Wildman–Crippen LogP) is 4.10. The Labute approximate surface area is 203 Å². The second-order valence-electron chi connectivity index (χ2n) is 8.35. The van der Waals surface area contributed by atoms with Crippen LogP contribution in [0.4, 0.5) is 18.9 Å². The quantitative estimate of drug-likeness (QED) is 0.368. The van der Waals surface area contributed by atoms with Gasteiger partial charge in [-0.05, 0) is 30.7 Å². The van der Waals surface area contributed by atoms with Crippen LogP contribution in [0, 0.1) is 12.7 Å². The summed E-state index contributed by atoms with van der Waals surface area (Å²) in [5.41, 5.74) is 2.36. The Hall–Kier alpha value is -4.48. The summed E-state index contributed by atoms with van der Waals surface area (Å²) in [6, 6.07) is 7.48. The lowest BCUT2D eigenvalue weighted by atomic mass is 10.1. The van der Waals surface area contributed by atoms with Crippen LogP contribution in [0.2, 0.25) is 0 Å². The molecule has 0 spiro atoms. The minimum Gasteiger partial charge on any atom is -0.322 e. The van der Waals surface area contributed by atoms with Crippen LogP contribution >= 0.6 is 0 Å². The second-order valence-corrected chi connectivity index (χ2v) is 8.35. The van der Waals surface area contributed by atoms with E-state index in [-0.39, 0.29) is 29.0 Å². The van der Waals surface area contributed by atoms with E-state index in [2.05, 4.69) is 25.6 Å². The number of nitrogens with zero attached hydrogens (tertiary/aromatic N) is 7. The second kappa shape index (κ2) is 9.29. The molecule has 0 saturated carbocycles. The maximum Gasteiger partial charge on any atom is 0.264 e. The largest absolute Gasteiger partial charge is 0.322 e. The average Bonchev–Trinajstić information content (AvgIpc) is 3.53. The number of aryl methyl sites for hydroxylation is 2. The first-order chi connectivity index (χ1) is 17.3. The van der Waals surface area contributed by atoms with Gasteiger partial charge in [0, 0.05) is 30.6 Å². The molecule has 0 bridgehead atoms. The van der Waals surface area contributed by atoms with Gasteiger partial charge in [-0.2, -0.15) is 15.3 Å². The molecule has 5 aromatic rings. The van der Waals surface area contributed by atoms with Gasteiger partial charge in [0.15, 0.2) is 5.65 Å². The van der Waals surface area contributed by atoms with E-state index >= 15 is 0 Å². The van der Waals surface area contributed by atoms with Crippen LogP contribution in [0.1, 0.15) is 23.2 Å². The molecule has 0 fully saturated rings. The molecule has 1 N–H and O–H groups in total. The van der Waals surface area contributed by atoms with Crippen molar-refractivity contribution in [3.8, 4) is 11.3 Å². The average molecular weight is 494 g/mol. The first-order valence-electron chi connectivity index (χ1n) is 11.0. The molecule has 0 unspecified atom stereocenters. The number of amides is 1. The number of anilines is 1. The van der Waals surface area contributed by atoms with E-state index in [4.69, 9.17) is 0 Å². The molecule has 0 atom stereocenters. The summed E-state index contributed by atoms with van der Waals surface area (Å²) in [5, 5.41) is 15.5. The van der Waals surface area contributed by atoms with Crippen molar-refractivity contribution in [2.45, 2.75) is 26.4 Å². The van der Waals surface area contributed by atoms with Crippen molar-refractivity contribution >= 4 is 22.6 Å². The number of aromatic nitrogens is 7. The monoisotopic (exact) mass is 494 g/mol. The minimum absolute atomic E-state index is 0.182. The number of carbonyl (C=O) groups excluding carboxylic acids is 1. The molecule has 9 nitrogen and oxygen atoms in total. The highest BCUT2D eigenvalue weighted by molar-refractivity contribution is 5.92. The zero-order chi connectivity index (χ0) is 25.4. The number of benzene rings is 1. The highest BCUT2D eigenvalue weighted by Crippen LogP contribution is 2.33. The van der Waals surface area contributed by atoms with Gasteiger partial charge in [0.1, 0.15) is 12.4 Å². The van der Waals surface area contributed by atoms with Crippen molar-refractivity contribution < 1.29 is 18.0 Å². The van der Waals surface area contributed by atoms with Gasteiger partial charge in [0.2, 0.25) is 5.91 Å². The molecule has 0 radical (unpaired) electrons. The van der Waals surface area contributed by atoms with Gasteiger partial charge in [-0.25, -0.2) is 22.8 Å². The molecule has 184 valence electrons. The summed E-state index contributed by atoms with van der Waals surface area (Å²) in [5.74, 6) is -0.776. The van der Waals surface area contributed by atoms with E-state index < -0.39 is 12.3 Å². The summed E-state index contributed by atoms with van der Waals surface area (Å²) in [7, 11) is 1.72. The number of fused-ring (bicyclic) bond motifs is 1. The summed E-state index contributed by atoms with van der Waals surface area (Å²) >= 11 is 0. The van der Waals surface area contributed by atoms with Crippen molar-refractivity contribution in [2.75, 3.05) is 5.32 Å². The van der Waals surface area contributed by atoms with Gasteiger partial charge in [-0.15, -0.1) is 0 Å². The van der Waals surface area contributed by atoms with Crippen LogP contribution < -0.4 is 5.32 Å². The van der Waals surface area contributed by atoms with Gasteiger partial charge in [0.25, 0.3) is 6.43 Å². The van der Waals surface area contributed by atoms with Gasteiger partial charge in [-0.1, -0.05) is 12.1 Å². The molecule has 4 aromatic heterocycles. The Balaban J connectivity index is 1.39. The summed E-state index contributed by atoms with van der Waals surface area (Å²) < 4.78 is 45.7.